The molecular weight excluding hydrogens is 302 g/mol. The van der Waals surface area contributed by atoms with E-state index in [4.69, 9.17) is 4.74 Å². The Morgan fingerprint density at radius 1 is 1.00 bits per heavy atom. The number of aryl methyl sites for hydroxylation is 2. The van der Waals surface area contributed by atoms with Gasteiger partial charge in [-0.05, 0) is 68.1 Å². The normalized spacial score (nSPS) is 14.1. The molecule has 0 aliphatic carbocycles. The first kappa shape index (κ1) is 16.2. The maximum Gasteiger partial charge on any atom is 0.343 e. The van der Waals surface area contributed by atoms with Gasteiger partial charge in [-0.15, -0.1) is 0 Å². The predicted molar refractivity (Wildman–Crippen MR) is 93.6 cm³/mol. The molecule has 0 unspecified atom stereocenters. The van der Waals surface area contributed by atoms with Crippen LogP contribution in [0.1, 0.15) is 39.9 Å². The number of hydrogen-bond donors (Lipinski definition) is 0. The zero-order valence-corrected chi connectivity index (χ0v) is 14.3. The molecule has 0 atom stereocenters. The second-order valence-electron chi connectivity index (χ2n) is 6.24. The highest BCUT2D eigenvalue weighted by molar-refractivity contribution is 5.96. The Hall–Kier alpha value is -2.62. The molecule has 4 heteroatoms. The van der Waals surface area contributed by atoms with Gasteiger partial charge in [0, 0.05) is 18.7 Å². The Bertz CT molecular complexity index is 793. The van der Waals surface area contributed by atoms with E-state index in [1.807, 2.05) is 32.9 Å². The summed E-state index contributed by atoms with van der Waals surface area (Å²) in [6.07, 6.45) is 1.48. The van der Waals surface area contributed by atoms with Crippen LogP contribution in [0.25, 0.3) is 0 Å². The van der Waals surface area contributed by atoms with Crippen molar-refractivity contribution in [2.45, 2.75) is 33.6 Å². The Morgan fingerprint density at radius 2 is 1.67 bits per heavy atom. The zero-order chi connectivity index (χ0) is 17.3. The summed E-state index contributed by atoms with van der Waals surface area (Å²) in [6, 6.07) is 11.0. The molecule has 0 bridgehead atoms. The van der Waals surface area contributed by atoms with Gasteiger partial charge in [-0.1, -0.05) is 12.1 Å². The molecule has 1 aliphatic rings. The number of nitrogens with zero attached hydrogens (tertiary/aromatic N) is 1. The Morgan fingerprint density at radius 3 is 2.29 bits per heavy atom. The van der Waals surface area contributed by atoms with Gasteiger partial charge < -0.3 is 9.64 Å². The van der Waals surface area contributed by atoms with E-state index in [1.54, 1.807) is 29.2 Å². The van der Waals surface area contributed by atoms with Crippen molar-refractivity contribution < 1.29 is 14.3 Å². The van der Waals surface area contributed by atoms with Crippen LogP contribution in [-0.2, 0) is 4.79 Å². The summed E-state index contributed by atoms with van der Waals surface area (Å²) < 4.78 is 5.61. The summed E-state index contributed by atoms with van der Waals surface area (Å²) in [5, 5.41) is 0. The standard InChI is InChI=1S/C20H21NO3/c1-13-6-7-14(2)19(15(13)3)24-20(23)16-8-10-17(11-9-16)21-12-4-5-18(21)22/h6-11H,4-5,12H2,1-3H3. The number of carbonyl (C=O) groups is 2. The van der Waals surface area contributed by atoms with Gasteiger partial charge in [0.25, 0.3) is 0 Å². The topological polar surface area (TPSA) is 46.6 Å². The molecule has 1 amide bonds. The molecule has 2 aromatic carbocycles. The van der Waals surface area contributed by atoms with Gasteiger partial charge in [0.15, 0.2) is 0 Å². The summed E-state index contributed by atoms with van der Waals surface area (Å²) >= 11 is 0. The SMILES string of the molecule is Cc1ccc(C)c(OC(=O)c2ccc(N3CCCC3=O)cc2)c1C. The molecule has 0 N–H and O–H groups in total. The van der Waals surface area contributed by atoms with E-state index in [-0.39, 0.29) is 11.9 Å². The molecular formula is C20H21NO3. The zero-order valence-electron chi connectivity index (χ0n) is 14.3. The largest absolute Gasteiger partial charge is 0.422 e. The number of carbonyl (C=O) groups excluding carboxylic acids is 2. The molecule has 0 saturated carbocycles. The van der Waals surface area contributed by atoms with Crippen LogP contribution in [0, 0.1) is 20.8 Å². The Balaban J connectivity index is 1.79. The molecule has 0 spiro atoms. The van der Waals surface area contributed by atoms with E-state index < -0.39 is 0 Å². The Labute approximate surface area is 142 Å². The van der Waals surface area contributed by atoms with Gasteiger partial charge in [-0.3, -0.25) is 4.79 Å². The quantitative estimate of drug-likeness (QED) is 0.634. The summed E-state index contributed by atoms with van der Waals surface area (Å²) in [4.78, 5) is 26.0. The third kappa shape index (κ3) is 3.04. The highest BCUT2D eigenvalue weighted by Gasteiger charge is 2.22. The number of benzene rings is 2. The van der Waals surface area contributed by atoms with E-state index in [0.29, 0.717) is 17.7 Å². The van der Waals surface area contributed by atoms with Crippen LogP contribution in [0.2, 0.25) is 0 Å². The van der Waals surface area contributed by atoms with Crippen LogP contribution in [0.3, 0.4) is 0 Å². The van der Waals surface area contributed by atoms with Crippen LogP contribution in [0.5, 0.6) is 5.75 Å². The minimum Gasteiger partial charge on any atom is -0.422 e. The molecule has 24 heavy (non-hydrogen) atoms. The summed E-state index contributed by atoms with van der Waals surface area (Å²) in [5.74, 6) is 0.376. The summed E-state index contributed by atoms with van der Waals surface area (Å²) in [7, 11) is 0. The maximum atomic E-state index is 12.4. The molecule has 2 aromatic rings. The van der Waals surface area contributed by atoms with Crippen LogP contribution in [-0.4, -0.2) is 18.4 Å². The number of ether oxygens (including phenoxy) is 1. The highest BCUT2D eigenvalue weighted by Crippen LogP contribution is 2.27. The molecule has 0 aromatic heterocycles. The number of rotatable bonds is 3. The van der Waals surface area contributed by atoms with E-state index in [1.165, 1.54) is 0 Å². The van der Waals surface area contributed by atoms with Crippen molar-refractivity contribution in [3.8, 4) is 5.75 Å². The number of anilines is 1. The minimum absolute atomic E-state index is 0.135. The van der Waals surface area contributed by atoms with Gasteiger partial charge in [0.1, 0.15) is 5.75 Å². The van der Waals surface area contributed by atoms with Crippen molar-refractivity contribution >= 4 is 17.6 Å². The fourth-order valence-corrected chi connectivity index (χ4v) is 2.93. The first-order valence-corrected chi connectivity index (χ1v) is 8.17. The third-order valence-corrected chi connectivity index (χ3v) is 4.56. The van der Waals surface area contributed by atoms with Crippen LogP contribution in [0.4, 0.5) is 5.69 Å². The van der Waals surface area contributed by atoms with Crippen molar-refractivity contribution in [1.82, 2.24) is 0 Å². The third-order valence-electron chi connectivity index (χ3n) is 4.56. The lowest BCUT2D eigenvalue weighted by atomic mass is 10.1. The van der Waals surface area contributed by atoms with Crippen molar-refractivity contribution in [3.05, 3.63) is 58.7 Å². The highest BCUT2D eigenvalue weighted by atomic mass is 16.5. The molecule has 1 saturated heterocycles. The Kier molecular flexibility index (Phi) is 4.38. The fourth-order valence-electron chi connectivity index (χ4n) is 2.93. The van der Waals surface area contributed by atoms with Gasteiger partial charge in [0.05, 0.1) is 5.56 Å². The van der Waals surface area contributed by atoms with Gasteiger partial charge in [0.2, 0.25) is 5.91 Å². The summed E-state index contributed by atoms with van der Waals surface area (Å²) in [5.41, 5.74) is 4.31. The van der Waals surface area contributed by atoms with Gasteiger partial charge in [-0.2, -0.15) is 0 Å². The predicted octanol–water partition coefficient (Wildman–Crippen LogP) is 3.96. The number of amides is 1. The smallest absolute Gasteiger partial charge is 0.343 e. The van der Waals surface area contributed by atoms with Gasteiger partial charge >= 0.3 is 5.97 Å². The molecule has 3 rings (SSSR count). The van der Waals surface area contributed by atoms with Crippen LogP contribution >= 0.6 is 0 Å². The van der Waals surface area contributed by atoms with E-state index >= 15 is 0 Å². The fraction of sp³-hybridized carbons (Fsp3) is 0.300. The average molecular weight is 323 g/mol. The first-order valence-electron chi connectivity index (χ1n) is 8.17. The van der Waals surface area contributed by atoms with Crippen molar-refractivity contribution in [2.24, 2.45) is 0 Å². The van der Waals surface area contributed by atoms with Gasteiger partial charge in [-0.25, -0.2) is 4.79 Å². The average Bonchev–Trinajstić information content (AvgIpc) is 3.01. The number of hydrogen-bond acceptors (Lipinski definition) is 3. The molecule has 0 radical (unpaired) electrons. The second kappa shape index (κ2) is 6.48. The van der Waals surface area contributed by atoms with Crippen molar-refractivity contribution in [1.29, 1.82) is 0 Å². The van der Waals surface area contributed by atoms with Crippen molar-refractivity contribution in [2.75, 3.05) is 11.4 Å². The lowest BCUT2D eigenvalue weighted by Gasteiger charge is -2.16. The molecule has 4 nitrogen and oxygen atoms in total. The first-order chi connectivity index (χ1) is 11.5. The lowest BCUT2D eigenvalue weighted by molar-refractivity contribution is -0.117. The molecule has 1 aliphatic heterocycles. The molecule has 1 fully saturated rings. The van der Waals surface area contributed by atoms with Crippen LogP contribution < -0.4 is 9.64 Å². The second-order valence-corrected chi connectivity index (χ2v) is 6.24. The monoisotopic (exact) mass is 323 g/mol. The van der Waals surface area contributed by atoms with E-state index in [2.05, 4.69) is 0 Å². The molecule has 1 heterocycles. The van der Waals surface area contributed by atoms with Crippen molar-refractivity contribution in [3.63, 3.8) is 0 Å². The van der Waals surface area contributed by atoms with E-state index in [0.717, 1.165) is 35.3 Å². The summed E-state index contributed by atoms with van der Waals surface area (Å²) in [6.45, 7) is 6.61. The number of esters is 1. The van der Waals surface area contributed by atoms with E-state index in [9.17, 15) is 9.59 Å². The lowest BCUT2D eigenvalue weighted by Crippen LogP contribution is -2.23. The maximum absolute atomic E-state index is 12.4. The molecule has 124 valence electrons. The van der Waals surface area contributed by atoms with Crippen LogP contribution in [0.15, 0.2) is 36.4 Å². The minimum atomic E-state index is -0.383.